The van der Waals surface area contributed by atoms with Gasteiger partial charge in [0.1, 0.15) is 12.1 Å². The molecule has 0 N–H and O–H groups in total. The van der Waals surface area contributed by atoms with Crippen LogP contribution in [0.4, 0.5) is 5.82 Å². The average Bonchev–Trinajstić information content (AvgIpc) is 3.11. The van der Waals surface area contributed by atoms with E-state index in [1.165, 1.54) is 0 Å². The van der Waals surface area contributed by atoms with E-state index < -0.39 is 0 Å². The molecule has 0 saturated carbocycles. The van der Waals surface area contributed by atoms with Gasteiger partial charge in [-0.25, -0.2) is 0 Å². The number of benzene rings is 1. The summed E-state index contributed by atoms with van der Waals surface area (Å²) in [7, 11) is 0. The van der Waals surface area contributed by atoms with Crippen molar-refractivity contribution in [2.45, 2.75) is 6.42 Å². The smallest absolute Gasteiger partial charge is 0.227 e. The number of piperazine rings is 1. The highest BCUT2D eigenvalue weighted by molar-refractivity contribution is 6.31. The van der Waals surface area contributed by atoms with E-state index in [-0.39, 0.29) is 5.91 Å². The van der Waals surface area contributed by atoms with Crippen molar-refractivity contribution in [2.75, 3.05) is 31.1 Å². The van der Waals surface area contributed by atoms with Gasteiger partial charge in [0.15, 0.2) is 5.65 Å². The first-order chi connectivity index (χ1) is 12.2. The van der Waals surface area contributed by atoms with Crippen LogP contribution >= 0.6 is 11.6 Å². The van der Waals surface area contributed by atoms with Crippen molar-refractivity contribution in [2.24, 2.45) is 0 Å². The van der Waals surface area contributed by atoms with Crippen LogP contribution in [-0.2, 0) is 11.2 Å². The Labute approximate surface area is 149 Å². The molecule has 4 rings (SSSR count). The Morgan fingerprint density at radius 3 is 2.68 bits per heavy atom. The minimum atomic E-state index is 0.106. The van der Waals surface area contributed by atoms with Gasteiger partial charge < -0.3 is 9.80 Å². The van der Waals surface area contributed by atoms with Gasteiger partial charge >= 0.3 is 0 Å². The topological polar surface area (TPSA) is 66.6 Å². The van der Waals surface area contributed by atoms with Crippen LogP contribution in [0.25, 0.3) is 5.65 Å². The number of carbonyl (C=O) groups is 1. The molecule has 1 amide bonds. The van der Waals surface area contributed by atoms with Crippen LogP contribution in [0.3, 0.4) is 0 Å². The minimum absolute atomic E-state index is 0.106. The number of carbonyl (C=O) groups excluding carboxylic acids is 1. The zero-order valence-corrected chi connectivity index (χ0v) is 14.3. The predicted octanol–water partition coefficient (Wildman–Crippen LogP) is 1.67. The second-order valence-electron chi connectivity index (χ2n) is 5.96. The highest BCUT2D eigenvalue weighted by Crippen LogP contribution is 2.18. The fraction of sp³-hybridized carbons (Fsp3) is 0.294. The molecule has 1 aliphatic rings. The maximum absolute atomic E-state index is 12.5. The van der Waals surface area contributed by atoms with Crippen LogP contribution in [0, 0.1) is 0 Å². The molecule has 1 aliphatic heterocycles. The number of anilines is 1. The number of halogens is 1. The van der Waals surface area contributed by atoms with Gasteiger partial charge in [0.2, 0.25) is 5.91 Å². The zero-order valence-electron chi connectivity index (χ0n) is 13.5. The lowest BCUT2D eigenvalue weighted by Gasteiger charge is -2.35. The Bertz CT molecular complexity index is 903. The molecule has 8 heteroatoms. The summed E-state index contributed by atoms with van der Waals surface area (Å²) in [4.78, 5) is 16.6. The van der Waals surface area contributed by atoms with E-state index in [2.05, 4.69) is 20.2 Å². The summed E-state index contributed by atoms with van der Waals surface area (Å²) in [5.41, 5.74) is 1.59. The molecule has 0 aliphatic carbocycles. The van der Waals surface area contributed by atoms with E-state index in [1.54, 1.807) is 10.8 Å². The first kappa shape index (κ1) is 15.8. The van der Waals surface area contributed by atoms with Gasteiger partial charge in [-0.1, -0.05) is 29.8 Å². The third kappa shape index (κ3) is 3.28. The van der Waals surface area contributed by atoms with Crippen LogP contribution in [0.2, 0.25) is 5.02 Å². The van der Waals surface area contributed by atoms with Crippen molar-refractivity contribution >= 4 is 29.0 Å². The zero-order chi connectivity index (χ0) is 17.2. The predicted molar refractivity (Wildman–Crippen MR) is 94.7 cm³/mol. The molecule has 3 heterocycles. The van der Waals surface area contributed by atoms with E-state index in [0.717, 1.165) is 30.1 Å². The van der Waals surface area contributed by atoms with Gasteiger partial charge in [-0.2, -0.15) is 4.52 Å². The maximum atomic E-state index is 12.5. The number of hydrogen-bond donors (Lipinski definition) is 0. The molecule has 2 aromatic heterocycles. The summed E-state index contributed by atoms with van der Waals surface area (Å²) >= 11 is 6.15. The second kappa shape index (κ2) is 6.68. The highest BCUT2D eigenvalue weighted by Gasteiger charge is 2.22. The quantitative estimate of drug-likeness (QED) is 0.714. The van der Waals surface area contributed by atoms with Gasteiger partial charge in [-0.15, -0.1) is 15.3 Å². The Hall–Kier alpha value is -2.67. The molecule has 0 atom stereocenters. The second-order valence-corrected chi connectivity index (χ2v) is 6.37. The van der Waals surface area contributed by atoms with Crippen LogP contribution in [0.5, 0.6) is 0 Å². The van der Waals surface area contributed by atoms with Gasteiger partial charge in [0.25, 0.3) is 0 Å². The monoisotopic (exact) mass is 356 g/mol. The largest absolute Gasteiger partial charge is 0.352 e. The SMILES string of the molecule is O=C(Cc1ccccc1Cl)N1CCN(c2ccc3nncn3n2)CC1. The number of nitrogens with zero attached hydrogens (tertiary/aromatic N) is 6. The number of hydrogen-bond acceptors (Lipinski definition) is 5. The van der Waals surface area contributed by atoms with Crippen molar-refractivity contribution in [3.8, 4) is 0 Å². The van der Waals surface area contributed by atoms with Crippen molar-refractivity contribution < 1.29 is 4.79 Å². The molecule has 3 aromatic rings. The molecule has 1 saturated heterocycles. The van der Waals surface area contributed by atoms with Gasteiger partial charge in [-0.05, 0) is 23.8 Å². The van der Waals surface area contributed by atoms with Crippen LogP contribution < -0.4 is 4.90 Å². The van der Waals surface area contributed by atoms with Crippen LogP contribution in [-0.4, -0.2) is 56.8 Å². The normalized spacial score (nSPS) is 14.9. The summed E-state index contributed by atoms with van der Waals surface area (Å²) in [6.07, 6.45) is 1.92. The summed E-state index contributed by atoms with van der Waals surface area (Å²) in [6.45, 7) is 2.83. The number of aromatic nitrogens is 4. The van der Waals surface area contributed by atoms with Gasteiger partial charge in [0.05, 0.1) is 6.42 Å². The molecule has 0 unspecified atom stereocenters. The van der Waals surface area contributed by atoms with E-state index in [0.29, 0.717) is 24.5 Å². The maximum Gasteiger partial charge on any atom is 0.227 e. The van der Waals surface area contributed by atoms with Crippen molar-refractivity contribution in [1.29, 1.82) is 0 Å². The Morgan fingerprint density at radius 1 is 1.08 bits per heavy atom. The number of fused-ring (bicyclic) bond motifs is 1. The highest BCUT2D eigenvalue weighted by atomic mass is 35.5. The van der Waals surface area contributed by atoms with E-state index in [1.807, 2.05) is 41.3 Å². The molecule has 0 radical (unpaired) electrons. The van der Waals surface area contributed by atoms with Crippen molar-refractivity contribution in [3.63, 3.8) is 0 Å². The third-order valence-electron chi connectivity index (χ3n) is 4.40. The number of amides is 1. The van der Waals surface area contributed by atoms with Crippen molar-refractivity contribution in [1.82, 2.24) is 24.7 Å². The average molecular weight is 357 g/mol. The molecule has 1 aromatic carbocycles. The first-order valence-electron chi connectivity index (χ1n) is 8.14. The first-order valence-corrected chi connectivity index (χ1v) is 8.52. The van der Waals surface area contributed by atoms with E-state index in [9.17, 15) is 4.79 Å². The van der Waals surface area contributed by atoms with Crippen LogP contribution in [0.15, 0.2) is 42.7 Å². The Morgan fingerprint density at radius 2 is 1.88 bits per heavy atom. The van der Waals surface area contributed by atoms with Crippen molar-refractivity contribution in [3.05, 3.63) is 53.3 Å². The number of rotatable bonds is 3. The molecule has 7 nitrogen and oxygen atoms in total. The molecule has 0 spiro atoms. The molecule has 128 valence electrons. The molecule has 25 heavy (non-hydrogen) atoms. The lowest BCUT2D eigenvalue weighted by Crippen LogP contribution is -2.49. The Kier molecular flexibility index (Phi) is 4.23. The summed E-state index contributed by atoms with van der Waals surface area (Å²) in [6, 6.07) is 11.3. The lowest BCUT2D eigenvalue weighted by molar-refractivity contribution is -0.130. The minimum Gasteiger partial charge on any atom is -0.352 e. The molecular formula is C17H17ClN6O. The summed E-state index contributed by atoms with van der Waals surface area (Å²) in [5, 5.41) is 12.9. The lowest BCUT2D eigenvalue weighted by atomic mass is 10.1. The molecule has 1 fully saturated rings. The van der Waals surface area contributed by atoms with Crippen LogP contribution in [0.1, 0.15) is 5.56 Å². The Balaban J connectivity index is 1.39. The van der Waals surface area contributed by atoms with E-state index >= 15 is 0 Å². The third-order valence-corrected chi connectivity index (χ3v) is 4.77. The molecular weight excluding hydrogens is 340 g/mol. The van der Waals surface area contributed by atoms with E-state index in [4.69, 9.17) is 11.6 Å². The van der Waals surface area contributed by atoms with Gasteiger partial charge in [-0.3, -0.25) is 4.79 Å². The summed E-state index contributed by atoms with van der Waals surface area (Å²) in [5.74, 6) is 0.973. The summed E-state index contributed by atoms with van der Waals surface area (Å²) < 4.78 is 1.66. The molecule has 0 bridgehead atoms. The fourth-order valence-corrected chi connectivity index (χ4v) is 3.19. The standard InChI is InChI=1S/C17H17ClN6O/c18-14-4-2-1-3-13(14)11-17(25)23-9-7-22(8-10-23)16-6-5-15-20-19-12-24(15)21-16/h1-6,12H,7-11H2. The fourth-order valence-electron chi connectivity index (χ4n) is 2.99. The van der Waals surface area contributed by atoms with Gasteiger partial charge in [0, 0.05) is 31.2 Å².